The number of carbonyl (C=O) groups excluding carboxylic acids is 2. The van der Waals surface area contributed by atoms with Crippen LogP contribution in [0.4, 0.5) is 0 Å². The second-order valence-electron chi connectivity index (χ2n) is 7.00. The molecule has 0 saturated carbocycles. The zero-order valence-electron chi connectivity index (χ0n) is 17.2. The molecule has 1 atom stereocenters. The molecule has 1 aromatic carbocycles. The van der Waals surface area contributed by atoms with Gasteiger partial charge in [-0.1, -0.05) is 24.3 Å². The number of rotatable bonds is 6. The molecule has 31 heavy (non-hydrogen) atoms. The van der Waals surface area contributed by atoms with E-state index in [1.165, 1.54) is 23.7 Å². The molecule has 0 bridgehead atoms. The topological polar surface area (TPSA) is 91.8 Å². The molecular weight excluding hydrogens is 418 g/mol. The van der Waals surface area contributed by atoms with Gasteiger partial charge < -0.3 is 9.64 Å². The number of para-hydroxylation sites is 1. The summed E-state index contributed by atoms with van der Waals surface area (Å²) >= 11 is 0. The molecule has 1 aliphatic heterocycles. The van der Waals surface area contributed by atoms with Gasteiger partial charge in [-0.2, -0.15) is 0 Å². The van der Waals surface area contributed by atoms with Crippen LogP contribution in [-0.4, -0.2) is 47.1 Å². The van der Waals surface area contributed by atoms with E-state index >= 15 is 0 Å². The normalized spacial score (nSPS) is 16.2. The summed E-state index contributed by atoms with van der Waals surface area (Å²) in [6.07, 6.45) is 7.80. The Kier molecular flexibility index (Phi) is 9.24. The van der Waals surface area contributed by atoms with Crippen LogP contribution in [-0.2, 0) is 9.59 Å². The average molecular weight is 444 g/mol. The van der Waals surface area contributed by atoms with Crippen LogP contribution in [0.15, 0.2) is 54.6 Å². The first-order valence-corrected chi connectivity index (χ1v) is 9.80. The van der Waals surface area contributed by atoms with Crippen molar-refractivity contribution >= 4 is 36.4 Å². The molecular formula is C23H26ClN3O4. The predicted octanol–water partition coefficient (Wildman–Crippen LogP) is 3.45. The molecule has 2 N–H and O–H groups in total. The van der Waals surface area contributed by atoms with E-state index in [0.717, 1.165) is 30.7 Å². The standard InChI is InChI=1S/C23H25N3O4.ClH/c1-30-21-10-3-2-9-20(21)17-6-5-15-26(16-17)23(28)14-12-19-8-4-7-18(24-19)11-13-22(27)25-29;/h2-4,7-14,17,29H,5-6,15-16H2,1H3,(H,25,27);1H. The monoisotopic (exact) mass is 443 g/mol. The zero-order chi connectivity index (χ0) is 21.3. The summed E-state index contributed by atoms with van der Waals surface area (Å²) < 4.78 is 5.48. The van der Waals surface area contributed by atoms with Crippen molar-refractivity contribution in [3.63, 3.8) is 0 Å². The Bertz CT molecular complexity index is 961. The van der Waals surface area contributed by atoms with Crippen molar-refractivity contribution in [3.8, 4) is 5.75 Å². The Morgan fingerprint density at radius 2 is 1.84 bits per heavy atom. The lowest BCUT2D eigenvalue weighted by Crippen LogP contribution is -2.38. The third-order valence-electron chi connectivity index (χ3n) is 5.02. The van der Waals surface area contributed by atoms with Crippen LogP contribution < -0.4 is 10.2 Å². The van der Waals surface area contributed by atoms with Crippen molar-refractivity contribution in [1.29, 1.82) is 0 Å². The maximum absolute atomic E-state index is 12.7. The number of ether oxygens (including phenoxy) is 1. The van der Waals surface area contributed by atoms with E-state index in [1.54, 1.807) is 31.4 Å². The van der Waals surface area contributed by atoms with E-state index in [9.17, 15) is 9.59 Å². The van der Waals surface area contributed by atoms with Gasteiger partial charge >= 0.3 is 0 Å². The first-order chi connectivity index (χ1) is 14.6. The summed E-state index contributed by atoms with van der Waals surface area (Å²) in [6, 6.07) is 13.2. The van der Waals surface area contributed by atoms with Crippen molar-refractivity contribution in [3.05, 3.63) is 71.6 Å². The Balaban J connectivity index is 0.00000341. The highest BCUT2D eigenvalue weighted by Crippen LogP contribution is 2.33. The summed E-state index contributed by atoms with van der Waals surface area (Å²) in [5.41, 5.74) is 3.81. The second kappa shape index (κ2) is 11.9. The van der Waals surface area contributed by atoms with E-state index in [2.05, 4.69) is 11.1 Å². The molecule has 3 rings (SSSR count). The predicted molar refractivity (Wildman–Crippen MR) is 121 cm³/mol. The fourth-order valence-electron chi connectivity index (χ4n) is 3.55. The van der Waals surface area contributed by atoms with Gasteiger partial charge in [-0.25, -0.2) is 10.5 Å². The molecule has 2 amide bonds. The molecule has 1 unspecified atom stereocenters. The lowest BCUT2D eigenvalue weighted by Gasteiger charge is -2.33. The van der Waals surface area contributed by atoms with E-state index in [4.69, 9.17) is 9.94 Å². The van der Waals surface area contributed by atoms with Gasteiger partial charge in [0.15, 0.2) is 0 Å². The van der Waals surface area contributed by atoms with E-state index < -0.39 is 5.91 Å². The number of nitrogens with zero attached hydrogens (tertiary/aromatic N) is 2. The highest BCUT2D eigenvalue weighted by atomic mass is 35.5. The van der Waals surface area contributed by atoms with E-state index in [0.29, 0.717) is 17.9 Å². The minimum Gasteiger partial charge on any atom is -0.496 e. The second-order valence-corrected chi connectivity index (χ2v) is 7.00. The Morgan fingerprint density at radius 3 is 2.55 bits per heavy atom. The van der Waals surface area contributed by atoms with E-state index in [1.807, 2.05) is 23.1 Å². The summed E-state index contributed by atoms with van der Waals surface area (Å²) in [4.78, 5) is 30.0. The van der Waals surface area contributed by atoms with Crippen LogP contribution >= 0.6 is 12.4 Å². The van der Waals surface area contributed by atoms with Crippen LogP contribution in [0.2, 0.25) is 0 Å². The molecule has 8 heteroatoms. The van der Waals surface area contributed by atoms with Gasteiger partial charge in [-0.05, 0) is 48.8 Å². The number of methoxy groups -OCH3 is 1. The maximum atomic E-state index is 12.7. The smallest absolute Gasteiger partial charge is 0.267 e. The largest absolute Gasteiger partial charge is 0.496 e. The van der Waals surface area contributed by atoms with Gasteiger partial charge in [0, 0.05) is 31.2 Å². The van der Waals surface area contributed by atoms with Crippen LogP contribution in [0.25, 0.3) is 12.2 Å². The number of hydrogen-bond acceptors (Lipinski definition) is 5. The fourth-order valence-corrected chi connectivity index (χ4v) is 3.55. The number of carbonyl (C=O) groups is 2. The first-order valence-electron chi connectivity index (χ1n) is 9.80. The molecule has 0 radical (unpaired) electrons. The van der Waals surface area contributed by atoms with Gasteiger partial charge in [0.05, 0.1) is 18.5 Å². The van der Waals surface area contributed by atoms with E-state index in [-0.39, 0.29) is 24.2 Å². The van der Waals surface area contributed by atoms with Gasteiger partial charge in [-0.15, -0.1) is 12.4 Å². The number of aromatic nitrogens is 1. The zero-order valence-corrected chi connectivity index (χ0v) is 18.0. The van der Waals surface area contributed by atoms with Gasteiger partial charge in [0.2, 0.25) is 5.91 Å². The van der Waals surface area contributed by atoms with Gasteiger partial charge in [0.25, 0.3) is 5.91 Å². The fraction of sp³-hybridized carbons (Fsp3) is 0.261. The quantitative estimate of drug-likeness (QED) is 0.405. The van der Waals surface area contributed by atoms with Crippen molar-refractivity contribution in [2.45, 2.75) is 18.8 Å². The number of benzene rings is 1. The maximum Gasteiger partial charge on any atom is 0.267 e. The Morgan fingerprint density at radius 1 is 1.13 bits per heavy atom. The van der Waals surface area contributed by atoms with Gasteiger partial charge in [-0.3, -0.25) is 14.8 Å². The van der Waals surface area contributed by atoms with Crippen LogP contribution in [0.3, 0.4) is 0 Å². The van der Waals surface area contributed by atoms with Crippen molar-refractivity contribution in [2.75, 3.05) is 20.2 Å². The number of amides is 2. The molecule has 2 heterocycles. The van der Waals surface area contributed by atoms with Gasteiger partial charge in [0.1, 0.15) is 5.75 Å². The SMILES string of the molecule is COc1ccccc1C1CCCN(C(=O)C=Cc2cccc(C=CC(=O)NO)n2)C1.Cl. The highest BCUT2D eigenvalue weighted by Gasteiger charge is 2.25. The molecule has 1 fully saturated rings. The van der Waals surface area contributed by atoms with Crippen molar-refractivity contribution in [2.24, 2.45) is 0 Å². The molecule has 164 valence electrons. The third kappa shape index (κ3) is 6.67. The van der Waals surface area contributed by atoms with Crippen LogP contribution in [0, 0.1) is 0 Å². The lowest BCUT2D eigenvalue weighted by molar-refractivity contribution is -0.127. The molecule has 7 nitrogen and oxygen atoms in total. The minimum absolute atomic E-state index is 0. The summed E-state index contributed by atoms with van der Waals surface area (Å²) in [5, 5.41) is 8.53. The number of piperidine rings is 1. The third-order valence-corrected chi connectivity index (χ3v) is 5.02. The summed E-state index contributed by atoms with van der Waals surface area (Å²) in [7, 11) is 1.67. The molecule has 0 aliphatic carbocycles. The van der Waals surface area contributed by atoms with Crippen molar-refractivity contribution in [1.82, 2.24) is 15.4 Å². The first kappa shape index (κ1) is 24.1. The van der Waals surface area contributed by atoms with Crippen molar-refractivity contribution < 1.29 is 19.5 Å². The highest BCUT2D eigenvalue weighted by molar-refractivity contribution is 5.92. The molecule has 2 aromatic rings. The number of hydroxylamine groups is 1. The molecule has 1 aliphatic rings. The van der Waals surface area contributed by atoms with Crippen LogP contribution in [0.1, 0.15) is 35.7 Å². The molecule has 1 saturated heterocycles. The lowest BCUT2D eigenvalue weighted by atomic mass is 9.90. The summed E-state index contributed by atoms with van der Waals surface area (Å²) in [5.74, 6) is 0.410. The summed E-state index contributed by atoms with van der Waals surface area (Å²) in [6.45, 7) is 1.37. The number of halogens is 1. The average Bonchev–Trinajstić information content (AvgIpc) is 2.81. The number of hydrogen-bond donors (Lipinski definition) is 2. The number of likely N-dealkylation sites (tertiary alicyclic amines) is 1. The van der Waals surface area contributed by atoms with Crippen LogP contribution in [0.5, 0.6) is 5.75 Å². The minimum atomic E-state index is -0.636. The number of pyridine rings is 1. The Labute approximate surface area is 187 Å². The Hall–Kier alpha value is -3.16. The molecule has 1 aromatic heterocycles. The molecule has 0 spiro atoms. The number of nitrogens with one attached hydrogen (secondary N) is 1.